The van der Waals surface area contributed by atoms with E-state index in [1.165, 1.54) is 14.0 Å². The summed E-state index contributed by atoms with van der Waals surface area (Å²) in [7, 11) is 1.20. The van der Waals surface area contributed by atoms with Crippen LogP contribution in [0.4, 0.5) is 0 Å². The first-order chi connectivity index (χ1) is 10.3. The lowest BCUT2D eigenvalue weighted by atomic mass is 9.99. The molecule has 1 saturated heterocycles. The zero-order valence-electron chi connectivity index (χ0n) is 12.5. The van der Waals surface area contributed by atoms with Gasteiger partial charge in [-0.1, -0.05) is 0 Å². The zero-order valence-corrected chi connectivity index (χ0v) is 12.5. The Balaban J connectivity index is 2.75. The van der Waals surface area contributed by atoms with E-state index < -0.39 is 55.5 Å². The van der Waals surface area contributed by atoms with Crippen LogP contribution in [0, 0.1) is 0 Å². The van der Waals surface area contributed by atoms with Crippen LogP contribution in [0.5, 0.6) is 0 Å². The minimum Gasteiger partial charge on any atom is -0.469 e. The lowest BCUT2D eigenvalue weighted by Crippen LogP contribution is -2.59. The van der Waals surface area contributed by atoms with Crippen molar-refractivity contribution in [3.05, 3.63) is 0 Å². The maximum atomic E-state index is 11.3. The van der Waals surface area contributed by atoms with Crippen LogP contribution in [-0.2, 0) is 19.0 Å². The molecule has 7 atom stereocenters. The van der Waals surface area contributed by atoms with Crippen molar-refractivity contribution in [3.63, 3.8) is 0 Å². The van der Waals surface area contributed by atoms with Gasteiger partial charge in [-0.3, -0.25) is 4.79 Å². The smallest absolute Gasteiger partial charge is 0.308 e. The van der Waals surface area contributed by atoms with E-state index in [4.69, 9.17) is 14.6 Å². The zero-order chi connectivity index (χ0) is 16.9. The van der Waals surface area contributed by atoms with E-state index in [-0.39, 0.29) is 12.8 Å². The average molecular weight is 324 g/mol. The molecule has 1 rings (SSSR count). The molecule has 0 saturated carbocycles. The topological polar surface area (TPSA) is 146 Å². The first kappa shape index (κ1) is 19.2. The number of esters is 1. The highest BCUT2D eigenvalue weighted by atomic mass is 16.7. The molecular weight excluding hydrogens is 300 g/mol. The van der Waals surface area contributed by atoms with Crippen LogP contribution in [0.2, 0.25) is 0 Å². The molecule has 0 aliphatic carbocycles. The molecule has 0 amide bonds. The van der Waals surface area contributed by atoms with Gasteiger partial charge < -0.3 is 39.7 Å². The van der Waals surface area contributed by atoms with Crippen LogP contribution < -0.4 is 0 Å². The maximum Gasteiger partial charge on any atom is 0.308 e. The number of carbonyl (C=O) groups is 1. The third-order valence-electron chi connectivity index (χ3n) is 3.40. The Kier molecular flexibility index (Phi) is 7.63. The molecule has 0 aromatic heterocycles. The standard InChI is InChI=1S/C13H24O9/c1-6(15)3-7(4-9(16)20-2)21-13-12(19)11(18)10(17)8(5-14)22-13/h6-8,10-15,17-19H,3-5H2,1-2H3/t6-,7+,8+,10+,11-,12+,13+/m0/s1. The SMILES string of the molecule is COC(=O)C[C@@H](C[C@H](C)O)O[C@@H]1O[C@H](CO)[C@@H](O)[C@H](O)[C@H]1O. The van der Waals surface area contributed by atoms with Crippen molar-refractivity contribution >= 4 is 5.97 Å². The molecule has 1 fully saturated rings. The Morgan fingerprint density at radius 1 is 1.23 bits per heavy atom. The summed E-state index contributed by atoms with van der Waals surface area (Å²) in [5.41, 5.74) is 0. The molecule has 0 bridgehead atoms. The second-order valence-electron chi connectivity index (χ2n) is 5.32. The largest absolute Gasteiger partial charge is 0.469 e. The van der Waals surface area contributed by atoms with Gasteiger partial charge in [0.05, 0.1) is 32.3 Å². The molecule has 0 radical (unpaired) electrons. The van der Waals surface area contributed by atoms with Crippen molar-refractivity contribution in [2.45, 2.75) is 62.7 Å². The quantitative estimate of drug-likeness (QED) is 0.321. The molecule has 0 unspecified atom stereocenters. The third-order valence-corrected chi connectivity index (χ3v) is 3.40. The summed E-state index contributed by atoms with van der Waals surface area (Å²) in [4.78, 5) is 11.3. The Bertz CT molecular complexity index is 346. The molecule has 1 aliphatic rings. The lowest BCUT2D eigenvalue weighted by Gasteiger charge is -2.40. The number of aliphatic hydroxyl groups excluding tert-OH is 5. The summed E-state index contributed by atoms with van der Waals surface area (Å²) in [6.07, 6.45) is -8.80. The van der Waals surface area contributed by atoms with E-state index >= 15 is 0 Å². The van der Waals surface area contributed by atoms with Crippen molar-refractivity contribution in [1.29, 1.82) is 0 Å². The van der Waals surface area contributed by atoms with Gasteiger partial charge in [0.2, 0.25) is 0 Å². The van der Waals surface area contributed by atoms with E-state index in [0.29, 0.717) is 0 Å². The number of hydrogen-bond donors (Lipinski definition) is 5. The fourth-order valence-electron chi connectivity index (χ4n) is 2.21. The van der Waals surface area contributed by atoms with Crippen molar-refractivity contribution in [1.82, 2.24) is 0 Å². The van der Waals surface area contributed by atoms with Gasteiger partial charge in [-0.2, -0.15) is 0 Å². The summed E-state index contributed by atoms with van der Waals surface area (Å²) < 4.78 is 15.1. The predicted molar refractivity (Wildman–Crippen MR) is 71.6 cm³/mol. The van der Waals surface area contributed by atoms with Gasteiger partial charge in [0.25, 0.3) is 0 Å². The Hall–Kier alpha value is -0.810. The fraction of sp³-hybridized carbons (Fsp3) is 0.923. The minimum absolute atomic E-state index is 0.0735. The van der Waals surface area contributed by atoms with Gasteiger partial charge in [-0.05, 0) is 13.3 Å². The summed E-state index contributed by atoms with van der Waals surface area (Å²) in [6.45, 7) is 0.920. The van der Waals surface area contributed by atoms with Crippen LogP contribution in [0.15, 0.2) is 0 Å². The van der Waals surface area contributed by atoms with Crippen LogP contribution >= 0.6 is 0 Å². The highest BCUT2D eigenvalue weighted by molar-refractivity contribution is 5.69. The number of methoxy groups -OCH3 is 1. The number of ether oxygens (including phenoxy) is 3. The van der Waals surface area contributed by atoms with Gasteiger partial charge >= 0.3 is 5.97 Å². The summed E-state index contributed by atoms with van der Waals surface area (Å²) in [5, 5.41) is 47.8. The maximum absolute atomic E-state index is 11.3. The van der Waals surface area contributed by atoms with Crippen LogP contribution in [0.3, 0.4) is 0 Å². The van der Waals surface area contributed by atoms with E-state index in [1.807, 2.05) is 0 Å². The van der Waals surface area contributed by atoms with Crippen LogP contribution in [0.25, 0.3) is 0 Å². The van der Waals surface area contributed by atoms with Gasteiger partial charge in [-0.15, -0.1) is 0 Å². The lowest BCUT2D eigenvalue weighted by molar-refractivity contribution is -0.312. The summed E-state index contributed by atoms with van der Waals surface area (Å²) >= 11 is 0. The molecule has 1 aliphatic heterocycles. The monoisotopic (exact) mass is 324 g/mol. The highest BCUT2D eigenvalue weighted by Gasteiger charge is 2.45. The predicted octanol–water partition coefficient (Wildman–Crippen LogP) is -2.49. The second-order valence-corrected chi connectivity index (χ2v) is 5.32. The molecule has 9 nitrogen and oxygen atoms in total. The first-order valence-corrected chi connectivity index (χ1v) is 7.01. The van der Waals surface area contributed by atoms with Gasteiger partial charge in [0.15, 0.2) is 6.29 Å². The molecule has 1 heterocycles. The molecule has 130 valence electrons. The number of rotatable bonds is 7. The van der Waals surface area contributed by atoms with Gasteiger partial charge in [0.1, 0.15) is 24.4 Å². The molecule has 0 aromatic rings. The average Bonchev–Trinajstić information content (AvgIpc) is 2.46. The van der Waals surface area contributed by atoms with Crippen molar-refractivity contribution in [2.75, 3.05) is 13.7 Å². The Morgan fingerprint density at radius 3 is 2.36 bits per heavy atom. The molecular formula is C13H24O9. The second kappa shape index (κ2) is 8.73. The van der Waals surface area contributed by atoms with E-state index in [2.05, 4.69) is 4.74 Å². The highest BCUT2D eigenvalue weighted by Crippen LogP contribution is 2.24. The molecule has 5 N–H and O–H groups in total. The fourth-order valence-corrected chi connectivity index (χ4v) is 2.21. The van der Waals surface area contributed by atoms with Crippen LogP contribution in [0.1, 0.15) is 19.8 Å². The van der Waals surface area contributed by atoms with Crippen molar-refractivity contribution in [2.24, 2.45) is 0 Å². The third kappa shape index (κ3) is 5.13. The van der Waals surface area contributed by atoms with Crippen molar-refractivity contribution < 1.29 is 44.5 Å². The normalized spacial score (nSPS) is 35.0. The first-order valence-electron chi connectivity index (χ1n) is 7.01. The Labute approximate surface area is 128 Å². The molecule has 9 heteroatoms. The van der Waals surface area contributed by atoms with Gasteiger partial charge in [0, 0.05) is 0 Å². The number of aliphatic hydroxyl groups is 5. The molecule has 22 heavy (non-hydrogen) atoms. The minimum atomic E-state index is -1.57. The Morgan fingerprint density at radius 2 is 1.86 bits per heavy atom. The number of carbonyl (C=O) groups excluding carboxylic acids is 1. The van der Waals surface area contributed by atoms with E-state index in [1.54, 1.807) is 0 Å². The number of hydrogen-bond acceptors (Lipinski definition) is 9. The van der Waals surface area contributed by atoms with Crippen LogP contribution in [-0.4, -0.2) is 88.1 Å². The van der Waals surface area contributed by atoms with Crippen molar-refractivity contribution in [3.8, 4) is 0 Å². The van der Waals surface area contributed by atoms with Gasteiger partial charge in [-0.25, -0.2) is 0 Å². The van der Waals surface area contributed by atoms with E-state index in [0.717, 1.165) is 0 Å². The summed E-state index contributed by atoms with van der Waals surface area (Å²) in [6, 6.07) is 0. The molecule has 0 aromatic carbocycles. The summed E-state index contributed by atoms with van der Waals surface area (Å²) in [5.74, 6) is -0.574. The van der Waals surface area contributed by atoms with E-state index in [9.17, 15) is 25.2 Å². The molecule has 0 spiro atoms.